The van der Waals surface area contributed by atoms with E-state index in [9.17, 15) is 0 Å². The summed E-state index contributed by atoms with van der Waals surface area (Å²) in [6, 6.07) is 6.62. The van der Waals surface area contributed by atoms with Gasteiger partial charge in [-0.25, -0.2) is 0 Å². The van der Waals surface area contributed by atoms with Crippen molar-refractivity contribution in [1.82, 2.24) is 5.32 Å². The van der Waals surface area contributed by atoms with Gasteiger partial charge in [0.05, 0.1) is 12.7 Å². The molecular formula is C18H28BrNO. The first-order chi connectivity index (χ1) is 10.3. The van der Waals surface area contributed by atoms with E-state index in [4.69, 9.17) is 4.74 Å². The van der Waals surface area contributed by atoms with Gasteiger partial charge in [0.2, 0.25) is 0 Å². The highest BCUT2D eigenvalue weighted by atomic mass is 79.9. The minimum Gasteiger partial charge on any atom is -0.374 e. The van der Waals surface area contributed by atoms with Crippen LogP contribution in [0.3, 0.4) is 0 Å². The second-order valence-corrected chi connectivity index (χ2v) is 6.88. The van der Waals surface area contributed by atoms with Gasteiger partial charge in [0, 0.05) is 11.0 Å². The molecular weight excluding hydrogens is 326 g/mol. The van der Waals surface area contributed by atoms with Gasteiger partial charge in [0.25, 0.3) is 0 Å². The number of halogens is 1. The Balaban J connectivity index is 1.82. The van der Waals surface area contributed by atoms with E-state index in [1.807, 2.05) is 0 Å². The number of nitrogens with one attached hydrogen (secondary N) is 1. The van der Waals surface area contributed by atoms with Crippen LogP contribution in [0.5, 0.6) is 0 Å². The summed E-state index contributed by atoms with van der Waals surface area (Å²) in [6.07, 6.45) is 9.51. The summed E-state index contributed by atoms with van der Waals surface area (Å²) in [7, 11) is 0. The Kier molecular flexibility index (Phi) is 7.76. The third kappa shape index (κ3) is 6.09. The molecule has 0 aromatic heterocycles. The molecule has 1 N–H and O–H groups in total. The molecule has 1 aliphatic carbocycles. The van der Waals surface area contributed by atoms with E-state index in [1.54, 1.807) is 0 Å². The monoisotopic (exact) mass is 353 g/mol. The van der Waals surface area contributed by atoms with E-state index >= 15 is 0 Å². The van der Waals surface area contributed by atoms with Crippen molar-refractivity contribution in [1.29, 1.82) is 0 Å². The molecule has 1 aromatic carbocycles. The predicted molar refractivity (Wildman–Crippen MR) is 92.4 cm³/mol. The highest BCUT2D eigenvalue weighted by Gasteiger charge is 2.13. The molecule has 2 rings (SSSR count). The SMILES string of the molecule is CCCNCc1ccc(COC2CCCCCC2)c(Br)c1. The third-order valence-corrected chi connectivity index (χ3v) is 4.89. The molecule has 1 fully saturated rings. The van der Waals surface area contributed by atoms with Crippen LogP contribution in [-0.2, 0) is 17.9 Å². The minimum absolute atomic E-state index is 0.463. The van der Waals surface area contributed by atoms with Crippen LogP contribution in [0.15, 0.2) is 22.7 Å². The summed E-state index contributed by atoms with van der Waals surface area (Å²) in [5.41, 5.74) is 2.59. The Morgan fingerprint density at radius 3 is 2.62 bits per heavy atom. The molecule has 3 heteroatoms. The Bertz CT molecular complexity index is 414. The third-order valence-electron chi connectivity index (χ3n) is 4.15. The zero-order valence-electron chi connectivity index (χ0n) is 13.2. The van der Waals surface area contributed by atoms with Crippen molar-refractivity contribution in [2.45, 2.75) is 71.1 Å². The Hall–Kier alpha value is -0.380. The summed E-state index contributed by atoms with van der Waals surface area (Å²) in [6.45, 7) is 4.94. The van der Waals surface area contributed by atoms with E-state index in [1.165, 1.54) is 60.5 Å². The molecule has 0 heterocycles. The van der Waals surface area contributed by atoms with Crippen LogP contribution in [0.4, 0.5) is 0 Å². The topological polar surface area (TPSA) is 21.3 Å². The Labute approximate surface area is 137 Å². The van der Waals surface area contributed by atoms with Gasteiger partial charge in [-0.15, -0.1) is 0 Å². The van der Waals surface area contributed by atoms with E-state index in [2.05, 4.69) is 46.4 Å². The summed E-state index contributed by atoms with van der Waals surface area (Å²) in [5, 5.41) is 3.44. The number of hydrogen-bond acceptors (Lipinski definition) is 2. The van der Waals surface area contributed by atoms with Crippen molar-refractivity contribution >= 4 is 15.9 Å². The van der Waals surface area contributed by atoms with E-state index < -0.39 is 0 Å². The molecule has 0 atom stereocenters. The molecule has 0 amide bonds. The highest BCUT2D eigenvalue weighted by Crippen LogP contribution is 2.24. The van der Waals surface area contributed by atoms with Gasteiger partial charge < -0.3 is 10.1 Å². The second-order valence-electron chi connectivity index (χ2n) is 6.03. The van der Waals surface area contributed by atoms with Gasteiger partial charge in [0.1, 0.15) is 0 Å². The van der Waals surface area contributed by atoms with Crippen molar-refractivity contribution in [3.05, 3.63) is 33.8 Å². The largest absolute Gasteiger partial charge is 0.374 e. The number of benzene rings is 1. The van der Waals surface area contributed by atoms with E-state index in [0.717, 1.165) is 19.7 Å². The van der Waals surface area contributed by atoms with Gasteiger partial charge in [-0.05, 0) is 43.0 Å². The van der Waals surface area contributed by atoms with Gasteiger partial charge in [0.15, 0.2) is 0 Å². The van der Waals surface area contributed by atoms with Gasteiger partial charge in [-0.1, -0.05) is 60.7 Å². The van der Waals surface area contributed by atoms with Crippen LogP contribution in [0, 0.1) is 0 Å². The first kappa shape index (κ1) is 17.0. The lowest BCUT2D eigenvalue weighted by molar-refractivity contribution is 0.0307. The fourth-order valence-corrected chi connectivity index (χ4v) is 3.38. The van der Waals surface area contributed by atoms with E-state index in [0.29, 0.717) is 6.10 Å². The maximum Gasteiger partial charge on any atom is 0.0731 e. The molecule has 0 spiro atoms. The van der Waals surface area contributed by atoms with Crippen LogP contribution in [0.25, 0.3) is 0 Å². The zero-order valence-corrected chi connectivity index (χ0v) is 14.8. The lowest BCUT2D eigenvalue weighted by atomic mass is 10.1. The van der Waals surface area contributed by atoms with Crippen molar-refractivity contribution in [2.75, 3.05) is 6.54 Å². The molecule has 0 unspecified atom stereocenters. The summed E-state index contributed by atoms with van der Waals surface area (Å²) in [4.78, 5) is 0. The number of hydrogen-bond donors (Lipinski definition) is 1. The fraction of sp³-hybridized carbons (Fsp3) is 0.667. The van der Waals surface area contributed by atoms with E-state index in [-0.39, 0.29) is 0 Å². The molecule has 0 saturated heterocycles. The normalized spacial score (nSPS) is 16.9. The molecule has 1 aliphatic rings. The van der Waals surface area contributed by atoms with Crippen LogP contribution in [-0.4, -0.2) is 12.6 Å². The van der Waals surface area contributed by atoms with Crippen molar-refractivity contribution in [3.63, 3.8) is 0 Å². The first-order valence-electron chi connectivity index (χ1n) is 8.39. The van der Waals surface area contributed by atoms with Gasteiger partial charge in [-0.2, -0.15) is 0 Å². The average Bonchev–Trinajstić information content (AvgIpc) is 2.75. The standard InChI is InChI=1S/C18H28BrNO/c1-2-11-20-13-15-9-10-16(18(19)12-15)14-21-17-7-5-3-4-6-8-17/h9-10,12,17,20H,2-8,11,13-14H2,1H3. The molecule has 1 saturated carbocycles. The van der Waals surface area contributed by atoms with Crippen LogP contribution in [0.2, 0.25) is 0 Å². The molecule has 21 heavy (non-hydrogen) atoms. The smallest absolute Gasteiger partial charge is 0.0731 e. The van der Waals surface area contributed by atoms with Crippen LogP contribution >= 0.6 is 15.9 Å². The van der Waals surface area contributed by atoms with Crippen molar-refractivity contribution in [2.24, 2.45) is 0 Å². The fourth-order valence-electron chi connectivity index (χ4n) is 2.84. The first-order valence-corrected chi connectivity index (χ1v) is 9.18. The molecule has 2 nitrogen and oxygen atoms in total. The van der Waals surface area contributed by atoms with Crippen LogP contribution < -0.4 is 5.32 Å². The van der Waals surface area contributed by atoms with Crippen LogP contribution in [0.1, 0.15) is 63.0 Å². The summed E-state index contributed by atoms with van der Waals surface area (Å²) in [5.74, 6) is 0. The molecule has 0 aliphatic heterocycles. The lowest BCUT2D eigenvalue weighted by Crippen LogP contribution is -2.14. The second kappa shape index (κ2) is 9.60. The van der Waals surface area contributed by atoms with Gasteiger partial charge >= 0.3 is 0 Å². The maximum atomic E-state index is 6.12. The van der Waals surface area contributed by atoms with Gasteiger partial charge in [-0.3, -0.25) is 0 Å². The van der Waals surface area contributed by atoms with Crippen molar-refractivity contribution < 1.29 is 4.74 Å². The minimum atomic E-state index is 0.463. The molecule has 0 radical (unpaired) electrons. The molecule has 0 bridgehead atoms. The number of rotatable bonds is 7. The predicted octanol–water partition coefficient (Wildman–Crippen LogP) is 5.19. The lowest BCUT2D eigenvalue weighted by Gasteiger charge is -2.16. The summed E-state index contributed by atoms with van der Waals surface area (Å²) < 4.78 is 7.30. The molecule has 1 aromatic rings. The highest BCUT2D eigenvalue weighted by molar-refractivity contribution is 9.10. The summed E-state index contributed by atoms with van der Waals surface area (Å²) >= 11 is 3.69. The number of ether oxygens (including phenoxy) is 1. The zero-order chi connectivity index (χ0) is 14.9. The Morgan fingerprint density at radius 2 is 1.95 bits per heavy atom. The molecule has 118 valence electrons. The maximum absolute atomic E-state index is 6.12. The Morgan fingerprint density at radius 1 is 1.19 bits per heavy atom. The quantitative estimate of drug-likeness (QED) is 0.538. The van der Waals surface area contributed by atoms with Crippen molar-refractivity contribution in [3.8, 4) is 0 Å². The average molecular weight is 354 g/mol.